The first-order valence-electron chi connectivity index (χ1n) is 5.70. The fourth-order valence-electron chi connectivity index (χ4n) is 1.93. The third-order valence-electron chi connectivity index (χ3n) is 3.04. The largest absolute Gasteiger partial charge is 0.394 e. The Bertz CT molecular complexity index is 289. The molecule has 0 aromatic heterocycles. The molecule has 100 valence electrons. The van der Waals surface area contributed by atoms with Crippen molar-refractivity contribution in [1.82, 2.24) is 0 Å². The summed E-state index contributed by atoms with van der Waals surface area (Å²) in [4.78, 5) is 0. The molecular weight excluding hydrogens is 224 g/mol. The van der Waals surface area contributed by atoms with Crippen molar-refractivity contribution < 1.29 is 24.8 Å². The second-order valence-corrected chi connectivity index (χ2v) is 5.06. The Balaban J connectivity index is 2.82. The Morgan fingerprint density at radius 3 is 2.53 bits per heavy atom. The van der Waals surface area contributed by atoms with Crippen molar-refractivity contribution in [2.45, 2.75) is 50.8 Å². The molecule has 0 aromatic rings. The summed E-state index contributed by atoms with van der Waals surface area (Å²) >= 11 is 0. The van der Waals surface area contributed by atoms with Crippen LogP contribution in [0.5, 0.6) is 0 Å². The van der Waals surface area contributed by atoms with Crippen LogP contribution < -0.4 is 0 Å². The molecule has 5 heteroatoms. The van der Waals surface area contributed by atoms with Gasteiger partial charge in [0, 0.05) is 6.42 Å². The predicted molar refractivity (Wildman–Crippen MR) is 62.4 cm³/mol. The first-order chi connectivity index (χ1) is 7.71. The quantitative estimate of drug-likeness (QED) is 0.603. The molecule has 17 heavy (non-hydrogen) atoms. The van der Waals surface area contributed by atoms with E-state index >= 15 is 0 Å². The molecule has 3 atom stereocenters. The van der Waals surface area contributed by atoms with E-state index in [0.717, 1.165) is 0 Å². The molecule has 1 saturated heterocycles. The zero-order valence-electron chi connectivity index (χ0n) is 10.6. The van der Waals surface area contributed by atoms with Gasteiger partial charge in [-0.25, -0.2) is 0 Å². The lowest BCUT2D eigenvalue weighted by molar-refractivity contribution is -0.168. The second-order valence-electron chi connectivity index (χ2n) is 5.06. The van der Waals surface area contributed by atoms with Gasteiger partial charge in [-0.3, -0.25) is 0 Å². The number of rotatable bonds is 5. The summed E-state index contributed by atoms with van der Waals surface area (Å²) in [7, 11) is 0. The average molecular weight is 246 g/mol. The van der Waals surface area contributed by atoms with Crippen molar-refractivity contribution in [3.05, 3.63) is 12.2 Å². The minimum Gasteiger partial charge on any atom is -0.394 e. The summed E-state index contributed by atoms with van der Waals surface area (Å²) in [6.45, 7) is 8.73. The van der Waals surface area contributed by atoms with E-state index < -0.39 is 30.2 Å². The van der Waals surface area contributed by atoms with Crippen LogP contribution in [0.3, 0.4) is 0 Å². The lowest BCUT2D eigenvalue weighted by Gasteiger charge is -2.35. The summed E-state index contributed by atoms with van der Waals surface area (Å²) in [5, 5.41) is 28.9. The first-order valence-corrected chi connectivity index (χ1v) is 5.70. The number of hydrogen-bond donors (Lipinski definition) is 3. The normalized spacial score (nSPS) is 28.7. The number of ether oxygens (including phenoxy) is 2. The van der Waals surface area contributed by atoms with Crippen LogP contribution in [0.1, 0.15) is 27.2 Å². The molecule has 1 aliphatic heterocycles. The van der Waals surface area contributed by atoms with E-state index in [1.54, 1.807) is 20.8 Å². The minimum absolute atomic E-state index is 0.0249. The van der Waals surface area contributed by atoms with Crippen LogP contribution in [-0.2, 0) is 9.47 Å². The van der Waals surface area contributed by atoms with E-state index in [9.17, 15) is 10.2 Å². The van der Waals surface area contributed by atoms with E-state index in [1.165, 1.54) is 0 Å². The zero-order valence-corrected chi connectivity index (χ0v) is 10.6. The minimum atomic E-state index is -1.39. The number of hydrogen-bond acceptors (Lipinski definition) is 5. The number of aliphatic hydroxyl groups excluding tert-OH is 2. The predicted octanol–water partition coefficient (Wildman–Crippen LogP) is 0.188. The van der Waals surface area contributed by atoms with Gasteiger partial charge in [0.1, 0.15) is 11.7 Å². The monoisotopic (exact) mass is 246 g/mol. The Hall–Kier alpha value is -0.460. The van der Waals surface area contributed by atoms with Crippen molar-refractivity contribution in [2.75, 3.05) is 13.2 Å². The number of aliphatic hydroxyl groups is 3. The highest BCUT2D eigenvalue weighted by atomic mass is 16.7. The molecule has 0 aliphatic carbocycles. The van der Waals surface area contributed by atoms with Crippen molar-refractivity contribution >= 4 is 0 Å². The van der Waals surface area contributed by atoms with Crippen LogP contribution in [-0.4, -0.2) is 52.1 Å². The summed E-state index contributed by atoms with van der Waals surface area (Å²) in [6.07, 6.45) is -1.62. The van der Waals surface area contributed by atoms with Crippen LogP contribution in [0.25, 0.3) is 0 Å². The van der Waals surface area contributed by atoms with Crippen LogP contribution in [0.15, 0.2) is 12.2 Å². The standard InChI is InChI=1S/C12H22O5/c1-8(2)12(15,5-9(14)6-13)10-7-16-11(3,4)17-10/h9-10,13-15H,1,5-7H2,2-4H3/t9-,10-,12-/m1/s1. The summed E-state index contributed by atoms with van der Waals surface area (Å²) in [5.41, 5.74) is -0.910. The van der Waals surface area contributed by atoms with Gasteiger partial charge in [-0.2, -0.15) is 0 Å². The van der Waals surface area contributed by atoms with E-state index in [4.69, 9.17) is 14.6 Å². The molecule has 1 aliphatic rings. The Labute approximate surface area is 102 Å². The van der Waals surface area contributed by atoms with Gasteiger partial charge < -0.3 is 24.8 Å². The van der Waals surface area contributed by atoms with Gasteiger partial charge in [0.25, 0.3) is 0 Å². The smallest absolute Gasteiger partial charge is 0.163 e. The molecule has 0 spiro atoms. The van der Waals surface area contributed by atoms with Gasteiger partial charge in [0.05, 0.1) is 19.3 Å². The summed E-state index contributed by atoms with van der Waals surface area (Å²) in [6, 6.07) is 0. The van der Waals surface area contributed by atoms with Crippen LogP contribution in [0.2, 0.25) is 0 Å². The van der Waals surface area contributed by atoms with Crippen molar-refractivity contribution in [2.24, 2.45) is 0 Å². The van der Waals surface area contributed by atoms with E-state index in [1.807, 2.05) is 0 Å². The van der Waals surface area contributed by atoms with Crippen molar-refractivity contribution in [1.29, 1.82) is 0 Å². The lowest BCUT2D eigenvalue weighted by Crippen LogP contribution is -2.48. The fraction of sp³-hybridized carbons (Fsp3) is 0.833. The maximum absolute atomic E-state index is 10.5. The Morgan fingerprint density at radius 1 is 1.59 bits per heavy atom. The topological polar surface area (TPSA) is 79.2 Å². The molecule has 0 unspecified atom stereocenters. The molecule has 0 amide bonds. The molecule has 0 radical (unpaired) electrons. The van der Waals surface area contributed by atoms with Gasteiger partial charge in [-0.05, 0) is 26.3 Å². The second kappa shape index (κ2) is 5.04. The lowest BCUT2D eigenvalue weighted by atomic mass is 9.84. The molecule has 0 saturated carbocycles. The van der Waals surface area contributed by atoms with E-state index in [-0.39, 0.29) is 13.0 Å². The van der Waals surface area contributed by atoms with Gasteiger partial charge in [0.15, 0.2) is 5.79 Å². The third-order valence-corrected chi connectivity index (χ3v) is 3.04. The molecule has 1 rings (SSSR count). The Morgan fingerprint density at radius 2 is 2.18 bits per heavy atom. The van der Waals surface area contributed by atoms with Crippen LogP contribution in [0, 0.1) is 0 Å². The highest BCUT2D eigenvalue weighted by Crippen LogP contribution is 2.35. The third kappa shape index (κ3) is 3.26. The van der Waals surface area contributed by atoms with Crippen molar-refractivity contribution in [3.63, 3.8) is 0 Å². The molecule has 0 aromatic carbocycles. The summed E-state index contributed by atoms with van der Waals surface area (Å²) < 4.78 is 11.0. The Kier molecular flexibility index (Phi) is 4.33. The molecule has 0 bridgehead atoms. The van der Waals surface area contributed by atoms with E-state index in [2.05, 4.69) is 6.58 Å². The van der Waals surface area contributed by atoms with Gasteiger partial charge in [-0.1, -0.05) is 6.58 Å². The average Bonchev–Trinajstić information content (AvgIpc) is 2.58. The van der Waals surface area contributed by atoms with Gasteiger partial charge in [-0.15, -0.1) is 0 Å². The highest BCUT2D eigenvalue weighted by Gasteiger charge is 2.47. The fourth-order valence-corrected chi connectivity index (χ4v) is 1.93. The van der Waals surface area contributed by atoms with Crippen molar-refractivity contribution in [3.8, 4) is 0 Å². The van der Waals surface area contributed by atoms with Crippen LogP contribution in [0.4, 0.5) is 0 Å². The van der Waals surface area contributed by atoms with Gasteiger partial charge >= 0.3 is 0 Å². The molecule has 5 nitrogen and oxygen atoms in total. The zero-order chi connectivity index (χ0) is 13.3. The maximum Gasteiger partial charge on any atom is 0.163 e. The molecule has 3 N–H and O–H groups in total. The molecule has 1 fully saturated rings. The van der Waals surface area contributed by atoms with E-state index in [0.29, 0.717) is 5.57 Å². The highest BCUT2D eigenvalue weighted by molar-refractivity contribution is 5.15. The maximum atomic E-state index is 10.5. The SMILES string of the molecule is C=C(C)[C@](O)(C[C@@H](O)CO)[C@H]1COC(C)(C)O1. The summed E-state index contributed by atoms with van der Waals surface area (Å²) in [5.74, 6) is -0.752. The van der Waals surface area contributed by atoms with Gasteiger partial charge in [0.2, 0.25) is 0 Å². The first kappa shape index (κ1) is 14.6. The molecular formula is C12H22O5. The molecule has 1 heterocycles. The van der Waals surface area contributed by atoms with Crippen LogP contribution >= 0.6 is 0 Å².